The molecule has 0 spiro atoms. The minimum absolute atomic E-state index is 0.577. The molecule has 8 heterocycles. The standard InChI is InChI=1S/C24H13N3O.C19H12N2O.C13H8O2.C6H8N2.C5H3ClIN/c1-4-10-20-14(6-1)15-11-12-16-21(23(15)28-20)24-26-17-7-2-3-8-18(17)27(24)19-9-5-13-25-22(16)19;1-4-11-17-12(6-1)13-7-5-8-14(18(13)22-17)19-20-15-9-2-3-10-16(15)21-19;14-8-9-4-3-6-11-10-5-1-2-7-12(10)15-13(9)11;7-5-3-1-2-4-6(5)8;6-5-4(7)2-1-3-8-5/h1-13H;1-11H,(H,20,21);1-8H;1-4H,7-8H2;1-3H. The number of hydrogen-bond acceptors (Lipinski definition) is 10. The number of aromatic amines is 1. The van der Waals surface area contributed by atoms with Crippen LogP contribution in [0.1, 0.15) is 10.4 Å². The molecule has 0 saturated heterocycles. The Kier molecular flexibility index (Phi) is 13.5. The Hall–Kier alpha value is -10.1. The van der Waals surface area contributed by atoms with E-state index in [4.69, 9.17) is 46.3 Å². The molecule has 0 fully saturated rings. The smallest absolute Gasteiger partial charge is 0.153 e. The van der Waals surface area contributed by atoms with Gasteiger partial charge in [-0.15, -0.1) is 0 Å². The maximum absolute atomic E-state index is 10.8. The highest BCUT2D eigenvalue weighted by Crippen LogP contribution is 2.40. The van der Waals surface area contributed by atoms with Crippen molar-refractivity contribution in [2.24, 2.45) is 0 Å². The van der Waals surface area contributed by atoms with Crippen molar-refractivity contribution in [1.29, 1.82) is 0 Å². The first-order chi connectivity index (χ1) is 39.8. The Morgan fingerprint density at radius 1 is 0.481 bits per heavy atom. The van der Waals surface area contributed by atoms with E-state index in [1.807, 2.05) is 158 Å². The molecule has 0 bridgehead atoms. The van der Waals surface area contributed by atoms with Crippen molar-refractivity contribution >= 4 is 167 Å². The number of nitrogens with two attached hydrogens (primary N) is 2. The molecule has 17 aromatic rings. The molecule has 17 rings (SSSR count). The zero-order valence-electron chi connectivity index (χ0n) is 42.8. The molecule has 0 aliphatic carbocycles. The molecular weight excluding hydrogens is 1140 g/mol. The first kappa shape index (κ1) is 50.4. The molecule has 0 saturated carbocycles. The Morgan fingerprint density at radius 3 is 1.67 bits per heavy atom. The fourth-order valence-corrected chi connectivity index (χ4v) is 10.6. The molecule has 0 aliphatic rings. The van der Waals surface area contributed by atoms with Crippen molar-refractivity contribution in [2.75, 3.05) is 11.5 Å². The Bertz CT molecular complexity index is 5080. The highest BCUT2D eigenvalue weighted by atomic mass is 127. The number of carbonyl (C=O) groups excluding carboxylic acids is 1. The first-order valence-corrected chi connectivity index (χ1v) is 27.2. The minimum atomic E-state index is 0.577. The molecule has 390 valence electrons. The number of aromatic nitrogens is 6. The molecule has 12 nitrogen and oxygen atoms in total. The summed E-state index contributed by atoms with van der Waals surface area (Å²) in [5, 5.41) is 9.17. The van der Waals surface area contributed by atoms with Gasteiger partial charge in [-0.1, -0.05) is 133 Å². The maximum atomic E-state index is 10.8. The van der Waals surface area contributed by atoms with Gasteiger partial charge in [0.05, 0.1) is 64.6 Å². The number of furan rings is 3. The third-order valence-electron chi connectivity index (χ3n) is 13.9. The fourth-order valence-electron chi connectivity index (χ4n) is 10.2. The van der Waals surface area contributed by atoms with E-state index >= 15 is 0 Å². The van der Waals surface area contributed by atoms with E-state index in [9.17, 15) is 4.79 Å². The van der Waals surface area contributed by atoms with E-state index in [2.05, 4.69) is 90.5 Å². The topological polar surface area (TPSA) is 180 Å². The lowest BCUT2D eigenvalue weighted by Gasteiger charge is -2.08. The van der Waals surface area contributed by atoms with Gasteiger partial charge in [-0.05, 0) is 120 Å². The molecule has 8 aromatic heterocycles. The quantitative estimate of drug-likeness (QED) is 0.0496. The second-order valence-corrected chi connectivity index (χ2v) is 20.3. The summed E-state index contributed by atoms with van der Waals surface area (Å²) in [7, 11) is 0. The van der Waals surface area contributed by atoms with Crippen LogP contribution in [0.5, 0.6) is 0 Å². The van der Waals surface area contributed by atoms with E-state index in [-0.39, 0.29) is 0 Å². The third-order valence-corrected chi connectivity index (χ3v) is 15.4. The Balaban J connectivity index is 0.000000104. The number of para-hydroxylation sites is 11. The van der Waals surface area contributed by atoms with Crippen LogP contribution in [0.4, 0.5) is 11.4 Å². The van der Waals surface area contributed by atoms with Gasteiger partial charge in [0.1, 0.15) is 50.1 Å². The number of anilines is 2. The van der Waals surface area contributed by atoms with E-state index in [1.54, 1.807) is 24.4 Å². The molecule has 0 aliphatic heterocycles. The number of aldehydes is 1. The molecule has 81 heavy (non-hydrogen) atoms. The first-order valence-electron chi connectivity index (χ1n) is 25.8. The van der Waals surface area contributed by atoms with E-state index in [0.717, 1.165) is 131 Å². The average Bonchev–Trinajstić information content (AvgIpc) is 3.89. The van der Waals surface area contributed by atoms with Gasteiger partial charge in [-0.25, -0.2) is 15.0 Å². The number of nitrogens with one attached hydrogen (secondary N) is 1. The summed E-state index contributed by atoms with van der Waals surface area (Å²) in [6, 6.07) is 71.5. The van der Waals surface area contributed by atoms with Gasteiger partial charge in [-0.2, -0.15) is 0 Å². The lowest BCUT2D eigenvalue weighted by Crippen LogP contribution is -1.93. The van der Waals surface area contributed by atoms with Gasteiger partial charge >= 0.3 is 0 Å². The Morgan fingerprint density at radius 2 is 1.01 bits per heavy atom. The highest BCUT2D eigenvalue weighted by Gasteiger charge is 2.20. The van der Waals surface area contributed by atoms with Gasteiger partial charge in [-0.3, -0.25) is 14.2 Å². The molecule has 0 atom stereocenters. The van der Waals surface area contributed by atoms with E-state index < -0.39 is 0 Å². The average molecular weight is 1190 g/mol. The Labute approximate surface area is 479 Å². The number of hydrogen-bond donors (Lipinski definition) is 3. The van der Waals surface area contributed by atoms with Gasteiger partial charge in [0.25, 0.3) is 0 Å². The van der Waals surface area contributed by atoms with Crippen molar-refractivity contribution in [1.82, 2.24) is 29.3 Å². The van der Waals surface area contributed by atoms with Crippen LogP contribution < -0.4 is 11.5 Å². The maximum Gasteiger partial charge on any atom is 0.153 e. The van der Waals surface area contributed by atoms with Crippen LogP contribution in [0.2, 0.25) is 5.15 Å². The second-order valence-electron chi connectivity index (χ2n) is 18.8. The number of carbonyl (C=O) groups is 1. The van der Waals surface area contributed by atoms with Crippen LogP contribution in [0, 0.1) is 3.57 Å². The zero-order valence-corrected chi connectivity index (χ0v) is 45.7. The SMILES string of the molecule is Clc1ncccc1I.Nc1ccccc1N.O=Cc1cccc2c1oc1ccccc12.c1ccc2[nH]c(-c3cccc4c3oc3ccccc34)nc2c1.c1ccc2c(c1)nc1c3c(ccc4c5ccccc5oc43)c3ncccc3n21. The number of rotatable bonds is 2. The number of nitrogen functional groups attached to an aromatic ring is 2. The van der Waals surface area contributed by atoms with Crippen molar-refractivity contribution in [3.63, 3.8) is 0 Å². The molecule has 14 heteroatoms. The summed E-state index contributed by atoms with van der Waals surface area (Å²) in [6.07, 6.45) is 4.34. The summed E-state index contributed by atoms with van der Waals surface area (Å²) in [6.45, 7) is 0. The molecule has 9 aromatic carbocycles. The number of halogens is 2. The second kappa shape index (κ2) is 21.6. The van der Waals surface area contributed by atoms with Crippen LogP contribution in [0.15, 0.2) is 244 Å². The third kappa shape index (κ3) is 9.43. The molecule has 0 amide bonds. The van der Waals surface area contributed by atoms with Crippen LogP contribution in [0.3, 0.4) is 0 Å². The molecular formula is C67H44ClIN8O4. The van der Waals surface area contributed by atoms with Crippen LogP contribution in [-0.2, 0) is 0 Å². The van der Waals surface area contributed by atoms with Crippen molar-refractivity contribution in [2.45, 2.75) is 0 Å². The fraction of sp³-hybridized carbons (Fsp3) is 0. The normalized spacial score (nSPS) is 11.2. The molecule has 5 N–H and O–H groups in total. The van der Waals surface area contributed by atoms with Crippen LogP contribution in [0.25, 0.3) is 127 Å². The van der Waals surface area contributed by atoms with Crippen molar-refractivity contribution in [3.8, 4) is 11.4 Å². The number of fused-ring (bicyclic) bond motifs is 19. The van der Waals surface area contributed by atoms with Gasteiger partial charge in [0.2, 0.25) is 0 Å². The van der Waals surface area contributed by atoms with Gasteiger partial charge in [0.15, 0.2) is 6.29 Å². The number of H-pyrrole nitrogens is 1. The predicted molar refractivity (Wildman–Crippen MR) is 338 cm³/mol. The lowest BCUT2D eigenvalue weighted by atomic mass is 10.1. The van der Waals surface area contributed by atoms with E-state index in [0.29, 0.717) is 27.7 Å². The van der Waals surface area contributed by atoms with Gasteiger partial charge in [0, 0.05) is 50.1 Å². The number of nitrogens with zero attached hydrogens (tertiary/aromatic N) is 5. The molecule has 0 radical (unpaired) electrons. The molecule has 0 unspecified atom stereocenters. The summed E-state index contributed by atoms with van der Waals surface area (Å²) >= 11 is 7.72. The van der Waals surface area contributed by atoms with Crippen molar-refractivity contribution < 1.29 is 18.0 Å². The number of imidazole rings is 2. The number of pyridine rings is 3. The summed E-state index contributed by atoms with van der Waals surface area (Å²) in [5.41, 5.74) is 25.7. The van der Waals surface area contributed by atoms with Crippen LogP contribution in [-0.4, -0.2) is 35.6 Å². The number of benzene rings is 9. The minimum Gasteiger partial charge on any atom is -0.455 e. The van der Waals surface area contributed by atoms with Crippen molar-refractivity contribution in [3.05, 3.63) is 245 Å². The largest absolute Gasteiger partial charge is 0.455 e. The lowest BCUT2D eigenvalue weighted by molar-refractivity contribution is 0.112. The summed E-state index contributed by atoms with van der Waals surface area (Å²) in [5.74, 6) is 0.839. The highest BCUT2D eigenvalue weighted by molar-refractivity contribution is 14.1. The monoisotopic (exact) mass is 1190 g/mol. The van der Waals surface area contributed by atoms with Crippen LogP contribution >= 0.6 is 34.2 Å². The summed E-state index contributed by atoms with van der Waals surface area (Å²) < 4.78 is 21.2. The summed E-state index contributed by atoms with van der Waals surface area (Å²) in [4.78, 5) is 32.4. The van der Waals surface area contributed by atoms with E-state index in [1.165, 1.54) is 0 Å². The zero-order chi connectivity index (χ0) is 55.0. The van der Waals surface area contributed by atoms with Gasteiger partial charge < -0.3 is 29.7 Å². The predicted octanol–water partition coefficient (Wildman–Crippen LogP) is 17.8.